The van der Waals surface area contributed by atoms with E-state index >= 15 is 0 Å². The fraction of sp³-hybridized carbons (Fsp3) is 0.250. The van der Waals surface area contributed by atoms with E-state index in [2.05, 4.69) is 21.2 Å². The topological polar surface area (TPSA) is 21.3 Å². The standard InChI is InChI=1S/C16H16BrF2NO/c1-20-13(11-6-4-7-12(18)15(11)17)9-10-5-3-8-14(21-2)16(10)19/h3-8,13,20H,9H2,1-2H3. The first-order chi connectivity index (χ1) is 10.1. The summed E-state index contributed by atoms with van der Waals surface area (Å²) in [6.07, 6.45) is 0.390. The molecule has 0 radical (unpaired) electrons. The van der Waals surface area contributed by atoms with Gasteiger partial charge in [-0.2, -0.15) is 0 Å². The maximum Gasteiger partial charge on any atom is 0.168 e. The summed E-state index contributed by atoms with van der Waals surface area (Å²) in [7, 11) is 3.20. The Bertz CT molecular complexity index is 634. The summed E-state index contributed by atoms with van der Waals surface area (Å²) in [6.45, 7) is 0. The maximum absolute atomic E-state index is 14.2. The largest absolute Gasteiger partial charge is 0.494 e. The molecule has 1 unspecified atom stereocenters. The van der Waals surface area contributed by atoms with Crippen molar-refractivity contribution in [1.82, 2.24) is 5.32 Å². The molecule has 5 heteroatoms. The molecule has 2 aromatic carbocycles. The predicted octanol–water partition coefficient (Wildman–Crippen LogP) is 4.24. The van der Waals surface area contributed by atoms with E-state index in [1.165, 1.54) is 13.2 Å². The number of ether oxygens (including phenoxy) is 1. The lowest BCUT2D eigenvalue weighted by atomic mass is 9.98. The van der Waals surface area contributed by atoms with Crippen LogP contribution in [0, 0.1) is 11.6 Å². The minimum atomic E-state index is -0.382. The van der Waals surface area contributed by atoms with Gasteiger partial charge in [0.2, 0.25) is 0 Å². The molecule has 112 valence electrons. The van der Waals surface area contributed by atoms with Crippen LogP contribution in [0.3, 0.4) is 0 Å². The van der Waals surface area contributed by atoms with Crippen LogP contribution in [-0.2, 0) is 6.42 Å². The van der Waals surface area contributed by atoms with E-state index < -0.39 is 0 Å². The first kappa shape index (κ1) is 15.9. The van der Waals surface area contributed by atoms with E-state index in [4.69, 9.17) is 4.74 Å². The lowest BCUT2D eigenvalue weighted by Gasteiger charge is -2.19. The Morgan fingerprint density at radius 1 is 1.19 bits per heavy atom. The highest BCUT2D eigenvalue weighted by Gasteiger charge is 2.18. The number of benzene rings is 2. The van der Waals surface area contributed by atoms with Gasteiger partial charge in [-0.3, -0.25) is 0 Å². The third kappa shape index (κ3) is 3.41. The first-order valence-corrected chi connectivity index (χ1v) is 7.30. The number of halogens is 3. The Morgan fingerprint density at radius 2 is 1.90 bits per heavy atom. The summed E-state index contributed by atoms with van der Waals surface area (Å²) < 4.78 is 33.3. The van der Waals surface area contributed by atoms with Gasteiger partial charge in [-0.05, 0) is 52.7 Å². The van der Waals surface area contributed by atoms with Gasteiger partial charge < -0.3 is 10.1 Å². The SMILES string of the molecule is CNC(Cc1cccc(OC)c1F)c1cccc(F)c1Br. The summed E-state index contributed by atoms with van der Waals surface area (Å²) in [6, 6.07) is 9.64. The number of likely N-dealkylation sites (N-methyl/N-ethyl adjacent to an activating group) is 1. The third-order valence-corrected chi connectivity index (χ3v) is 4.23. The zero-order valence-electron chi connectivity index (χ0n) is 11.8. The Hall–Kier alpha value is -1.46. The van der Waals surface area contributed by atoms with Crippen LogP contribution in [0.2, 0.25) is 0 Å². The molecule has 0 spiro atoms. The normalized spacial score (nSPS) is 12.2. The van der Waals surface area contributed by atoms with Gasteiger partial charge in [-0.1, -0.05) is 24.3 Å². The van der Waals surface area contributed by atoms with Crippen LogP contribution in [0.25, 0.3) is 0 Å². The molecular formula is C16H16BrF2NO. The molecule has 1 N–H and O–H groups in total. The third-order valence-electron chi connectivity index (χ3n) is 3.39. The van der Waals surface area contributed by atoms with E-state index in [-0.39, 0.29) is 23.4 Å². The number of rotatable bonds is 5. The molecule has 0 heterocycles. The number of methoxy groups -OCH3 is 1. The molecule has 1 atom stereocenters. The van der Waals surface area contributed by atoms with Crippen LogP contribution in [0.1, 0.15) is 17.2 Å². The molecule has 0 aromatic heterocycles. The highest BCUT2D eigenvalue weighted by atomic mass is 79.9. The van der Waals surface area contributed by atoms with Crippen LogP contribution in [0.15, 0.2) is 40.9 Å². The maximum atomic E-state index is 14.2. The molecule has 0 aliphatic rings. The molecule has 0 saturated heterocycles. The van der Waals surface area contributed by atoms with Gasteiger partial charge in [0.25, 0.3) is 0 Å². The van der Waals surface area contributed by atoms with Gasteiger partial charge in [0, 0.05) is 6.04 Å². The molecule has 0 amide bonds. The van der Waals surface area contributed by atoms with Crippen molar-refractivity contribution in [2.24, 2.45) is 0 Å². The van der Waals surface area contributed by atoms with E-state index in [0.29, 0.717) is 16.5 Å². The second kappa shape index (κ2) is 7.00. The Labute approximate surface area is 131 Å². The van der Waals surface area contributed by atoms with E-state index in [1.807, 2.05) is 6.07 Å². The van der Waals surface area contributed by atoms with Crippen molar-refractivity contribution in [3.05, 3.63) is 63.6 Å². The second-order valence-corrected chi connectivity index (χ2v) is 5.41. The van der Waals surface area contributed by atoms with Crippen LogP contribution in [0.4, 0.5) is 8.78 Å². The number of nitrogens with one attached hydrogen (secondary N) is 1. The van der Waals surface area contributed by atoms with Crippen molar-refractivity contribution in [1.29, 1.82) is 0 Å². The number of hydrogen-bond donors (Lipinski definition) is 1. The zero-order valence-corrected chi connectivity index (χ0v) is 13.4. The van der Waals surface area contributed by atoms with Gasteiger partial charge in [-0.25, -0.2) is 8.78 Å². The smallest absolute Gasteiger partial charge is 0.168 e. The van der Waals surface area contributed by atoms with Crippen LogP contribution in [0.5, 0.6) is 5.75 Å². The molecular weight excluding hydrogens is 340 g/mol. The van der Waals surface area contributed by atoms with Crippen molar-refractivity contribution in [3.63, 3.8) is 0 Å². The molecule has 0 fully saturated rings. The van der Waals surface area contributed by atoms with Crippen molar-refractivity contribution >= 4 is 15.9 Å². The average molecular weight is 356 g/mol. The molecule has 2 rings (SSSR count). The Morgan fingerprint density at radius 3 is 2.57 bits per heavy atom. The predicted molar refractivity (Wildman–Crippen MR) is 82.6 cm³/mol. The molecule has 2 nitrogen and oxygen atoms in total. The highest BCUT2D eigenvalue weighted by molar-refractivity contribution is 9.10. The van der Waals surface area contributed by atoms with Crippen molar-refractivity contribution in [2.75, 3.05) is 14.2 Å². The van der Waals surface area contributed by atoms with Gasteiger partial charge >= 0.3 is 0 Å². The van der Waals surface area contributed by atoms with E-state index in [9.17, 15) is 8.78 Å². The average Bonchev–Trinajstić information content (AvgIpc) is 2.49. The molecule has 0 bridgehead atoms. The fourth-order valence-electron chi connectivity index (χ4n) is 2.25. The van der Waals surface area contributed by atoms with Gasteiger partial charge in [-0.15, -0.1) is 0 Å². The van der Waals surface area contributed by atoms with Crippen LogP contribution >= 0.6 is 15.9 Å². The fourth-order valence-corrected chi connectivity index (χ4v) is 2.79. The summed E-state index contributed by atoms with van der Waals surface area (Å²) in [5.74, 6) is -0.507. The monoisotopic (exact) mass is 355 g/mol. The van der Waals surface area contributed by atoms with Gasteiger partial charge in [0.15, 0.2) is 11.6 Å². The van der Waals surface area contributed by atoms with Crippen LogP contribution in [-0.4, -0.2) is 14.2 Å². The quantitative estimate of drug-likeness (QED) is 0.865. The Balaban J connectivity index is 2.34. The van der Waals surface area contributed by atoms with Gasteiger partial charge in [0.05, 0.1) is 11.6 Å². The zero-order chi connectivity index (χ0) is 15.4. The second-order valence-electron chi connectivity index (χ2n) is 4.62. The summed E-state index contributed by atoms with van der Waals surface area (Å²) in [5.41, 5.74) is 1.27. The van der Waals surface area contributed by atoms with Crippen molar-refractivity contribution in [2.45, 2.75) is 12.5 Å². The van der Waals surface area contributed by atoms with E-state index in [0.717, 1.165) is 5.56 Å². The minimum absolute atomic E-state index is 0.209. The lowest BCUT2D eigenvalue weighted by molar-refractivity contribution is 0.383. The number of hydrogen-bond acceptors (Lipinski definition) is 2. The summed E-state index contributed by atoms with van der Waals surface area (Å²) in [5, 5.41) is 3.10. The summed E-state index contributed by atoms with van der Waals surface area (Å²) in [4.78, 5) is 0. The molecule has 0 aliphatic carbocycles. The van der Waals surface area contributed by atoms with Crippen molar-refractivity contribution in [3.8, 4) is 5.75 Å². The van der Waals surface area contributed by atoms with Gasteiger partial charge in [0.1, 0.15) is 5.82 Å². The van der Waals surface area contributed by atoms with E-state index in [1.54, 1.807) is 31.3 Å². The minimum Gasteiger partial charge on any atom is -0.494 e. The molecule has 2 aromatic rings. The molecule has 21 heavy (non-hydrogen) atoms. The van der Waals surface area contributed by atoms with Crippen molar-refractivity contribution < 1.29 is 13.5 Å². The lowest BCUT2D eigenvalue weighted by Crippen LogP contribution is -2.20. The summed E-state index contributed by atoms with van der Waals surface area (Å²) >= 11 is 3.25. The Kier molecular flexibility index (Phi) is 5.31. The highest BCUT2D eigenvalue weighted by Crippen LogP contribution is 2.30. The first-order valence-electron chi connectivity index (χ1n) is 6.51. The van der Waals surface area contributed by atoms with Crippen LogP contribution < -0.4 is 10.1 Å². The molecule has 0 aliphatic heterocycles. The molecule has 0 saturated carbocycles.